The fraction of sp³-hybridized carbons (Fsp3) is 0.333. The number of hydrogen-bond donors (Lipinski definition) is 2. The molecule has 0 aromatic heterocycles. The summed E-state index contributed by atoms with van der Waals surface area (Å²) >= 11 is 3.34. The molecule has 2 rings (SSSR count). The Morgan fingerprint density at radius 2 is 2.12 bits per heavy atom. The number of carbonyl (C=O) groups excluding carboxylic acids is 1. The maximum atomic E-state index is 11.7. The monoisotopic (exact) mass is 297 g/mol. The molecule has 2 N–H and O–H groups in total. The van der Waals surface area contributed by atoms with Crippen molar-refractivity contribution in [2.24, 2.45) is 11.8 Å². The number of carbonyl (C=O) groups is 2. The number of aryl methyl sites for hydroxylation is 1. The van der Waals surface area contributed by atoms with Gasteiger partial charge in [-0.05, 0) is 37.1 Å². The van der Waals surface area contributed by atoms with Gasteiger partial charge < -0.3 is 10.4 Å². The van der Waals surface area contributed by atoms with Gasteiger partial charge in [0.2, 0.25) is 5.91 Å². The third-order valence-corrected chi connectivity index (χ3v) is 3.38. The van der Waals surface area contributed by atoms with Crippen LogP contribution >= 0.6 is 15.9 Å². The van der Waals surface area contributed by atoms with Gasteiger partial charge in [0.25, 0.3) is 0 Å². The highest BCUT2D eigenvalue weighted by atomic mass is 79.9. The van der Waals surface area contributed by atoms with E-state index in [1.165, 1.54) is 0 Å². The number of aliphatic carboxylic acids is 1. The Balaban J connectivity index is 2.02. The minimum Gasteiger partial charge on any atom is -0.481 e. The Morgan fingerprint density at radius 1 is 1.41 bits per heavy atom. The highest BCUT2D eigenvalue weighted by Crippen LogP contribution is 2.39. The van der Waals surface area contributed by atoms with Gasteiger partial charge >= 0.3 is 5.97 Å². The summed E-state index contributed by atoms with van der Waals surface area (Å²) in [5.74, 6) is -1.98. The minimum absolute atomic E-state index is 0.206. The number of anilines is 1. The molecule has 0 spiro atoms. The second kappa shape index (κ2) is 4.49. The molecule has 1 aromatic rings. The molecule has 1 fully saturated rings. The van der Waals surface area contributed by atoms with Crippen LogP contribution in [0.4, 0.5) is 5.69 Å². The topological polar surface area (TPSA) is 66.4 Å². The second-order valence-corrected chi connectivity index (χ2v) is 5.15. The molecule has 0 heterocycles. The molecule has 17 heavy (non-hydrogen) atoms. The summed E-state index contributed by atoms with van der Waals surface area (Å²) in [5.41, 5.74) is 1.68. The lowest BCUT2D eigenvalue weighted by atomic mass is 10.2. The van der Waals surface area contributed by atoms with Gasteiger partial charge in [-0.3, -0.25) is 9.59 Å². The highest BCUT2D eigenvalue weighted by molar-refractivity contribution is 9.10. The predicted molar refractivity (Wildman–Crippen MR) is 66.7 cm³/mol. The first-order valence-electron chi connectivity index (χ1n) is 5.29. The SMILES string of the molecule is Cc1cc(Br)ccc1NC(=O)C1CC1C(=O)O. The molecule has 0 aliphatic heterocycles. The van der Waals surface area contributed by atoms with Gasteiger partial charge in [-0.25, -0.2) is 0 Å². The molecule has 1 saturated carbocycles. The quantitative estimate of drug-likeness (QED) is 0.900. The lowest BCUT2D eigenvalue weighted by Crippen LogP contribution is -2.17. The van der Waals surface area contributed by atoms with Crippen molar-refractivity contribution in [1.29, 1.82) is 0 Å². The summed E-state index contributed by atoms with van der Waals surface area (Å²) < 4.78 is 0.947. The standard InChI is InChI=1S/C12H12BrNO3/c1-6-4-7(13)2-3-10(6)14-11(15)8-5-9(8)12(16)17/h2-4,8-9H,5H2,1H3,(H,14,15)(H,16,17). The van der Waals surface area contributed by atoms with Crippen molar-refractivity contribution < 1.29 is 14.7 Å². The number of rotatable bonds is 3. The number of carboxylic acids is 1. The van der Waals surface area contributed by atoms with E-state index < -0.39 is 11.9 Å². The zero-order valence-electron chi connectivity index (χ0n) is 9.24. The van der Waals surface area contributed by atoms with Crippen molar-refractivity contribution in [3.63, 3.8) is 0 Å². The Hall–Kier alpha value is -1.36. The molecule has 1 aliphatic carbocycles. The predicted octanol–water partition coefficient (Wildman–Crippen LogP) is 2.42. The summed E-state index contributed by atoms with van der Waals surface area (Å²) in [6.07, 6.45) is 0.441. The number of nitrogens with one attached hydrogen (secondary N) is 1. The van der Waals surface area contributed by atoms with Gasteiger partial charge in [-0.1, -0.05) is 15.9 Å². The molecule has 5 heteroatoms. The molecule has 4 nitrogen and oxygen atoms in total. The van der Waals surface area contributed by atoms with E-state index in [9.17, 15) is 9.59 Å². The summed E-state index contributed by atoms with van der Waals surface area (Å²) in [5, 5.41) is 11.5. The Labute approximate surface area is 107 Å². The zero-order chi connectivity index (χ0) is 12.6. The summed E-state index contributed by atoms with van der Waals surface area (Å²) in [7, 11) is 0. The minimum atomic E-state index is -0.891. The van der Waals surface area contributed by atoms with Gasteiger partial charge in [0.1, 0.15) is 0 Å². The van der Waals surface area contributed by atoms with E-state index >= 15 is 0 Å². The largest absolute Gasteiger partial charge is 0.481 e. The maximum absolute atomic E-state index is 11.7. The van der Waals surface area contributed by atoms with Crippen molar-refractivity contribution in [3.05, 3.63) is 28.2 Å². The number of amides is 1. The fourth-order valence-electron chi connectivity index (χ4n) is 1.75. The van der Waals surface area contributed by atoms with Crippen LogP contribution in [0.15, 0.2) is 22.7 Å². The molecule has 0 saturated heterocycles. The molecule has 90 valence electrons. The molecule has 1 amide bonds. The van der Waals surface area contributed by atoms with Crippen LogP contribution in [0.3, 0.4) is 0 Å². The molecule has 1 aromatic carbocycles. The van der Waals surface area contributed by atoms with E-state index in [0.29, 0.717) is 6.42 Å². The Morgan fingerprint density at radius 3 is 2.65 bits per heavy atom. The van der Waals surface area contributed by atoms with Gasteiger partial charge in [0, 0.05) is 10.2 Å². The summed E-state index contributed by atoms with van der Waals surface area (Å²) in [6.45, 7) is 1.89. The van der Waals surface area contributed by atoms with Crippen LogP contribution in [0.5, 0.6) is 0 Å². The lowest BCUT2D eigenvalue weighted by Gasteiger charge is -2.08. The van der Waals surface area contributed by atoms with Gasteiger partial charge in [-0.15, -0.1) is 0 Å². The zero-order valence-corrected chi connectivity index (χ0v) is 10.8. The van der Waals surface area contributed by atoms with E-state index in [4.69, 9.17) is 5.11 Å². The maximum Gasteiger partial charge on any atom is 0.307 e. The molecule has 0 radical (unpaired) electrons. The van der Waals surface area contributed by atoms with Crippen LogP contribution < -0.4 is 5.32 Å². The third-order valence-electron chi connectivity index (χ3n) is 2.89. The van der Waals surface area contributed by atoms with Crippen molar-refractivity contribution >= 4 is 33.5 Å². The van der Waals surface area contributed by atoms with Crippen LogP contribution in [0.1, 0.15) is 12.0 Å². The first-order chi connectivity index (χ1) is 7.99. The normalized spacial score (nSPS) is 22.0. The fourth-order valence-corrected chi connectivity index (χ4v) is 2.23. The van der Waals surface area contributed by atoms with Gasteiger partial charge in [0.15, 0.2) is 0 Å². The number of halogens is 1. The number of benzene rings is 1. The first kappa shape index (κ1) is 12.1. The van der Waals surface area contributed by atoms with E-state index in [0.717, 1.165) is 15.7 Å². The summed E-state index contributed by atoms with van der Waals surface area (Å²) in [6, 6.07) is 5.54. The molecule has 0 bridgehead atoms. The highest BCUT2D eigenvalue weighted by Gasteiger charge is 2.48. The van der Waals surface area contributed by atoms with E-state index in [2.05, 4.69) is 21.2 Å². The van der Waals surface area contributed by atoms with E-state index in [-0.39, 0.29) is 11.8 Å². The molecule has 2 atom stereocenters. The summed E-state index contributed by atoms with van der Waals surface area (Å²) in [4.78, 5) is 22.4. The Kier molecular flexibility index (Phi) is 3.19. The first-order valence-corrected chi connectivity index (χ1v) is 6.08. The van der Waals surface area contributed by atoms with Gasteiger partial charge in [0.05, 0.1) is 11.8 Å². The number of carboxylic acid groups (broad SMARTS) is 1. The molecular weight excluding hydrogens is 286 g/mol. The van der Waals surface area contributed by atoms with Crippen LogP contribution in [-0.2, 0) is 9.59 Å². The average molecular weight is 298 g/mol. The van der Waals surface area contributed by atoms with Crippen molar-refractivity contribution in [1.82, 2.24) is 0 Å². The third kappa shape index (κ3) is 2.66. The van der Waals surface area contributed by atoms with E-state index in [1.807, 2.05) is 19.1 Å². The van der Waals surface area contributed by atoms with Crippen LogP contribution in [0.2, 0.25) is 0 Å². The van der Waals surface area contributed by atoms with E-state index in [1.54, 1.807) is 6.07 Å². The molecule has 2 unspecified atom stereocenters. The second-order valence-electron chi connectivity index (χ2n) is 4.24. The molecular formula is C12H12BrNO3. The van der Waals surface area contributed by atoms with Crippen LogP contribution in [0.25, 0.3) is 0 Å². The van der Waals surface area contributed by atoms with Crippen molar-refractivity contribution in [3.8, 4) is 0 Å². The number of hydrogen-bond acceptors (Lipinski definition) is 2. The average Bonchev–Trinajstić information content (AvgIpc) is 3.01. The van der Waals surface area contributed by atoms with Crippen LogP contribution in [-0.4, -0.2) is 17.0 Å². The Bertz CT molecular complexity index is 487. The van der Waals surface area contributed by atoms with Crippen molar-refractivity contribution in [2.45, 2.75) is 13.3 Å². The van der Waals surface area contributed by atoms with Crippen LogP contribution in [0, 0.1) is 18.8 Å². The lowest BCUT2D eigenvalue weighted by molar-refractivity contribution is -0.139. The van der Waals surface area contributed by atoms with Crippen molar-refractivity contribution in [2.75, 3.05) is 5.32 Å². The smallest absolute Gasteiger partial charge is 0.307 e. The van der Waals surface area contributed by atoms with Gasteiger partial charge in [-0.2, -0.15) is 0 Å². The molecule has 1 aliphatic rings.